The van der Waals surface area contributed by atoms with Gasteiger partial charge < -0.3 is 15.4 Å². The molecule has 1 aromatic heterocycles. The average molecular weight is 424 g/mol. The van der Waals surface area contributed by atoms with Crippen LogP contribution >= 0.6 is 0 Å². The number of amides is 2. The van der Waals surface area contributed by atoms with Crippen LogP contribution in [0.3, 0.4) is 0 Å². The Kier molecular flexibility index (Phi) is 5.83. The van der Waals surface area contributed by atoms with E-state index in [0.717, 1.165) is 41.8 Å². The molecule has 0 saturated carbocycles. The first-order valence-corrected chi connectivity index (χ1v) is 9.56. The van der Waals surface area contributed by atoms with Gasteiger partial charge >= 0.3 is 0 Å². The van der Waals surface area contributed by atoms with Crippen LogP contribution in [0.4, 0.5) is 8.78 Å². The second kappa shape index (κ2) is 8.86. The molecule has 0 aliphatic carbocycles. The highest BCUT2D eigenvalue weighted by molar-refractivity contribution is 5.97. The monoisotopic (exact) mass is 424 g/mol. The zero-order valence-electron chi connectivity index (χ0n) is 16.3. The first-order valence-electron chi connectivity index (χ1n) is 9.56. The molecule has 2 N–H and O–H groups in total. The van der Waals surface area contributed by atoms with Gasteiger partial charge in [0.1, 0.15) is 23.5 Å². The Bertz CT molecular complexity index is 1150. The number of nitrogens with one attached hydrogen (secondary N) is 2. The van der Waals surface area contributed by atoms with Gasteiger partial charge in [-0.1, -0.05) is 18.2 Å². The Morgan fingerprint density at radius 2 is 1.52 bits per heavy atom. The maximum Gasteiger partial charge on any atom is 0.270 e. The normalized spacial score (nSPS) is 12.1. The molecule has 0 saturated heterocycles. The fourth-order valence-electron chi connectivity index (χ4n) is 3.15. The van der Waals surface area contributed by atoms with Crippen LogP contribution in [-0.4, -0.2) is 28.4 Å². The molecule has 0 bridgehead atoms. The standard InChI is InChI=1S/C22H18F2N4O3/c23-16-3-1-14(8-17(16)24)11-26-22(30)19-9-18(27-12-28-19)21(29)25-10-13-2-4-20-15(7-13)5-6-31-20/h1-4,7-9,12H,5-6,10-11H2,(H,25,29)(H,26,30). The lowest BCUT2D eigenvalue weighted by atomic mass is 10.1. The quantitative estimate of drug-likeness (QED) is 0.635. The lowest BCUT2D eigenvalue weighted by Gasteiger charge is -2.08. The number of hydrogen-bond donors (Lipinski definition) is 2. The van der Waals surface area contributed by atoms with Crippen LogP contribution < -0.4 is 15.4 Å². The van der Waals surface area contributed by atoms with Crippen LogP contribution in [-0.2, 0) is 19.5 Å². The number of hydrogen-bond acceptors (Lipinski definition) is 5. The van der Waals surface area contributed by atoms with Crippen molar-refractivity contribution in [2.24, 2.45) is 0 Å². The van der Waals surface area contributed by atoms with E-state index < -0.39 is 23.4 Å². The summed E-state index contributed by atoms with van der Waals surface area (Å²) in [5.41, 5.74) is 2.44. The van der Waals surface area contributed by atoms with E-state index in [1.807, 2.05) is 18.2 Å². The maximum absolute atomic E-state index is 13.3. The molecule has 4 rings (SSSR count). The van der Waals surface area contributed by atoms with Crippen molar-refractivity contribution in [1.82, 2.24) is 20.6 Å². The van der Waals surface area contributed by atoms with Crippen LogP contribution in [0.2, 0.25) is 0 Å². The van der Waals surface area contributed by atoms with Gasteiger partial charge in [-0.3, -0.25) is 9.59 Å². The smallest absolute Gasteiger partial charge is 0.270 e. The van der Waals surface area contributed by atoms with Crippen LogP contribution in [0, 0.1) is 11.6 Å². The Labute approximate surface area is 176 Å². The number of carbonyl (C=O) groups excluding carboxylic acids is 2. The van der Waals surface area contributed by atoms with Crippen molar-refractivity contribution in [2.45, 2.75) is 19.5 Å². The number of carbonyl (C=O) groups is 2. The zero-order valence-corrected chi connectivity index (χ0v) is 16.3. The summed E-state index contributed by atoms with van der Waals surface area (Å²) in [6.45, 7) is 0.935. The van der Waals surface area contributed by atoms with Crippen LogP contribution in [0.15, 0.2) is 48.8 Å². The molecular weight excluding hydrogens is 406 g/mol. The Morgan fingerprint density at radius 3 is 2.19 bits per heavy atom. The van der Waals surface area contributed by atoms with Crippen molar-refractivity contribution >= 4 is 11.8 Å². The summed E-state index contributed by atoms with van der Waals surface area (Å²) < 4.78 is 31.7. The van der Waals surface area contributed by atoms with E-state index >= 15 is 0 Å². The highest BCUT2D eigenvalue weighted by Crippen LogP contribution is 2.25. The molecule has 1 aliphatic rings. The second-order valence-corrected chi connectivity index (χ2v) is 6.94. The van der Waals surface area contributed by atoms with E-state index in [0.29, 0.717) is 18.7 Å². The minimum atomic E-state index is -0.997. The van der Waals surface area contributed by atoms with E-state index in [4.69, 9.17) is 4.74 Å². The van der Waals surface area contributed by atoms with Crippen LogP contribution in [0.5, 0.6) is 5.75 Å². The predicted molar refractivity (Wildman–Crippen MR) is 106 cm³/mol. The van der Waals surface area contributed by atoms with Gasteiger partial charge in [-0.25, -0.2) is 18.7 Å². The second-order valence-electron chi connectivity index (χ2n) is 6.94. The van der Waals surface area contributed by atoms with E-state index in [1.165, 1.54) is 12.1 Å². The first kappa shape index (κ1) is 20.4. The molecule has 2 aromatic carbocycles. The lowest BCUT2D eigenvalue weighted by molar-refractivity contribution is 0.0944. The van der Waals surface area contributed by atoms with Gasteiger partial charge in [0.15, 0.2) is 11.6 Å². The van der Waals surface area contributed by atoms with Crippen LogP contribution in [0.25, 0.3) is 0 Å². The largest absolute Gasteiger partial charge is 0.493 e. The van der Waals surface area contributed by atoms with Gasteiger partial charge in [-0.05, 0) is 34.9 Å². The summed E-state index contributed by atoms with van der Waals surface area (Å²) in [4.78, 5) is 32.5. The number of halogens is 2. The number of fused-ring (bicyclic) bond motifs is 1. The van der Waals surface area contributed by atoms with E-state index in [9.17, 15) is 18.4 Å². The SMILES string of the molecule is O=C(NCc1ccc(F)c(F)c1)c1cc(C(=O)NCc2ccc3c(c2)CCO3)ncn1. The topological polar surface area (TPSA) is 93.2 Å². The molecule has 31 heavy (non-hydrogen) atoms. The highest BCUT2D eigenvalue weighted by Gasteiger charge is 2.15. The number of ether oxygens (including phenoxy) is 1. The Balaban J connectivity index is 1.36. The summed E-state index contributed by atoms with van der Waals surface area (Å²) in [5, 5.41) is 5.31. The summed E-state index contributed by atoms with van der Waals surface area (Å²) in [5.74, 6) is -2.11. The molecule has 0 spiro atoms. The summed E-state index contributed by atoms with van der Waals surface area (Å²) >= 11 is 0. The molecule has 7 nitrogen and oxygen atoms in total. The minimum absolute atomic E-state index is 0.0163. The minimum Gasteiger partial charge on any atom is -0.493 e. The number of rotatable bonds is 6. The number of aromatic nitrogens is 2. The molecule has 2 amide bonds. The van der Waals surface area contributed by atoms with Crippen molar-refractivity contribution in [1.29, 1.82) is 0 Å². The Morgan fingerprint density at radius 1 is 0.871 bits per heavy atom. The van der Waals surface area contributed by atoms with Gasteiger partial charge in [0.25, 0.3) is 11.8 Å². The molecule has 1 aliphatic heterocycles. The molecule has 2 heterocycles. The average Bonchev–Trinajstić information content (AvgIpc) is 3.26. The highest BCUT2D eigenvalue weighted by atomic mass is 19.2. The number of nitrogens with zero attached hydrogens (tertiary/aromatic N) is 2. The first-order chi connectivity index (χ1) is 15.0. The fraction of sp³-hybridized carbons (Fsp3) is 0.182. The third-order valence-electron chi connectivity index (χ3n) is 4.78. The zero-order chi connectivity index (χ0) is 21.8. The van der Waals surface area contributed by atoms with Gasteiger partial charge in [0.2, 0.25) is 0 Å². The third-order valence-corrected chi connectivity index (χ3v) is 4.78. The number of benzene rings is 2. The molecular formula is C22H18F2N4O3. The van der Waals surface area contributed by atoms with Crippen molar-refractivity contribution in [3.8, 4) is 5.75 Å². The molecule has 0 atom stereocenters. The molecule has 0 fully saturated rings. The summed E-state index contributed by atoms with van der Waals surface area (Å²) in [7, 11) is 0. The van der Waals surface area contributed by atoms with Crippen molar-refractivity contribution in [3.05, 3.63) is 88.5 Å². The van der Waals surface area contributed by atoms with Gasteiger partial charge in [-0.15, -0.1) is 0 Å². The lowest BCUT2D eigenvalue weighted by Crippen LogP contribution is -2.27. The molecule has 9 heteroatoms. The molecule has 158 valence electrons. The third kappa shape index (κ3) is 4.82. The van der Waals surface area contributed by atoms with Crippen LogP contribution in [0.1, 0.15) is 37.7 Å². The van der Waals surface area contributed by atoms with Crippen molar-refractivity contribution in [2.75, 3.05) is 6.61 Å². The van der Waals surface area contributed by atoms with Gasteiger partial charge in [-0.2, -0.15) is 0 Å². The van der Waals surface area contributed by atoms with E-state index in [2.05, 4.69) is 20.6 Å². The molecule has 0 radical (unpaired) electrons. The van der Waals surface area contributed by atoms with Crippen molar-refractivity contribution < 1.29 is 23.1 Å². The fourth-order valence-corrected chi connectivity index (χ4v) is 3.15. The predicted octanol–water partition coefficient (Wildman–Crippen LogP) is 2.55. The van der Waals surface area contributed by atoms with Crippen molar-refractivity contribution in [3.63, 3.8) is 0 Å². The van der Waals surface area contributed by atoms with E-state index in [1.54, 1.807) is 0 Å². The van der Waals surface area contributed by atoms with E-state index in [-0.39, 0.29) is 17.9 Å². The molecule has 3 aromatic rings. The molecule has 0 unspecified atom stereocenters. The summed E-state index contributed by atoms with van der Waals surface area (Å²) in [6, 6.07) is 10.4. The maximum atomic E-state index is 13.3. The Hall–Kier alpha value is -3.88. The summed E-state index contributed by atoms with van der Waals surface area (Å²) in [6.07, 6.45) is 1.96. The van der Waals surface area contributed by atoms with Gasteiger partial charge in [0.05, 0.1) is 6.61 Å². The van der Waals surface area contributed by atoms with Gasteiger partial charge in [0, 0.05) is 25.6 Å².